The summed E-state index contributed by atoms with van der Waals surface area (Å²) in [6, 6.07) is 0. The van der Waals surface area contributed by atoms with Gasteiger partial charge in [-0.1, -0.05) is 39.7 Å². The minimum Gasteiger partial charge on any atom is -0.414 e. The van der Waals surface area contributed by atoms with Gasteiger partial charge in [0.15, 0.2) is 8.32 Å². The monoisotopic (exact) mass is 268 g/mol. The second-order valence-corrected chi connectivity index (χ2v) is 12.1. The fraction of sp³-hybridized carbons (Fsp3) is 0.875. The zero-order valence-corrected chi connectivity index (χ0v) is 14.1. The Bertz CT molecular complexity index is 265. The highest BCUT2D eigenvalue weighted by molar-refractivity contribution is 6.74. The maximum atomic E-state index is 6.66. The van der Waals surface area contributed by atoms with Crippen molar-refractivity contribution in [3.63, 3.8) is 0 Å². The molecule has 0 spiro atoms. The highest BCUT2D eigenvalue weighted by Crippen LogP contribution is 2.41. The first kappa shape index (κ1) is 16.0. The van der Waals surface area contributed by atoms with E-state index >= 15 is 0 Å². The Morgan fingerprint density at radius 2 is 1.83 bits per heavy atom. The van der Waals surface area contributed by atoms with Gasteiger partial charge in [-0.3, -0.25) is 0 Å². The summed E-state index contributed by atoms with van der Waals surface area (Å²) < 4.78 is 6.66. The van der Waals surface area contributed by atoms with Crippen molar-refractivity contribution in [3.8, 4) is 0 Å². The third-order valence-electron chi connectivity index (χ3n) is 4.83. The van der Waals surface area contributed by atoms with Crippen LogP contribution in [-0.4, -0.2) is 14.4 Å². The molecule has 1 rings (SSSR count). The average Bonchev–Trinajstić information content (AvgIpc) is 2.26. The summed E-state index contributed by atoms with van der Waals surface area (Å²) in [4.78, 5) is 0. The first-order valence-electron chi connectivity index (χ1n) is 7.56. The SMILES string of the molecule is C=CCC[C@@H]1CCCC[C@H]1O[Si](C)(C)C(C)(C)C. The van der Waals surface area contributed by atoms with Gasteiger partial charge in [0.1, 0.15) is 0 Å². The summed E-state index contributed by atoms with van der Waals surface area (Å²) in [6.45, 7) is 15.6. The molecule has 0 N–H and O–H groups in total. The Kier molecular flexibility index (Phi) is 5.66. The lowest BCUT2D eigenvalue weighted by molar-refractivity contribution is 0.0750. The maximum absolute atomic E-state index is 6.66. The summed E-state index contributed by atoms with van der Waals surface area (Å²) >= 11 is 0. The molecule has 0 heterocycles. The van der Waals surface area contributed by atoms with E-state index in [0.717, 1.165) is 12.3 Å². The van der Waals surface area contributed by atoms with Crippen LogP contribution in [0.2, 0.25) is 18.1 Å². The second kappa shape index (κ2) is 6.38. The van der Waals surface area contributed by atoms with Gasteiger partial charge in [-0.15, -0.1) is 6.58 Å². The molecule has 0 aromatic carbocycles. The van der Waals surface area contributed by atoms with Crippen molar-refractivity contribution in [3.05, 3.63) is 12.7 Å². The smallest absolute Gasteiger partial charge is 0.192 e. The molecule has 0 aromatic heterocycles. The minimum atomic E-state index is -1.60. The zero-order chi connectivity index (χ0) is 13.8. The third-order valence-corrected chi connectivity index (χ3v) is 9.34. The van der Waals surface area contributed by atoms with Gasteiger partial charge >= 0.3 is 0 Å². The molecule has 0 aliphatic heterocycles. The lowest BCUT2D eigenvalue weighted by atomic mass is 9.84. The summed E-state index contributed by atoms with van der Waals surface area (Å²) in [5.41, 5.74) is 0. The van der Waals surface area contributed by atoms with E-state index in [1.165, 1.54) is 32.1 Å². The second-order valence-electron chi connectivity index (χ2n) is 7.33. The third kappa shape index (κ3) is 4.24. The van der Waals surface area contributed by atoms with Crippen molar-refractivity contribution < 1.29 is 4.43 Å². The first-order chi connectivity index (χ1) is 8.28. The molecule has 18 heavy (non-hydrogen) atoms. The van der Waals surface area contributed by atoms with Crippen LogP contribution in [0.5, 0.6) is 0 Å². The van der Waals surface area contributed by atoms with Crippen LogP contribution in [0, 0.1) is 5.92 Å². The molecular weight excluding hydrogens is 236 g/mol. The van der Waals surface area contributed by atoms with Crippen LogP contribution >= 0.6 is 0 Å². The van der Waals surface area contributed by atoms with Crippen LogP contribution in [0.3, 0.4) is 0 Å². The van der Waals surface area contributed by atoms with E-state index in [9.17, 15) is 0 Å². The molecule has 0 radical (unpaired) electrons. The van der Waals surface area contributed by atoms with E-state index in [-0.39, 0.29) is 0 Å². The van der Waals surface area contributed by atoms with Gasteiger partial charge in [-0.2, -0.15) is 0 Å². The van der Waals surface area contributed by atoms with Crippen molar-refractivity contribution in [2.24, 2.45) is 5.92 Å². The van der Waals surface area contributed by atoms with Gasteiger partial charge < -0.3 is 4.43 Å². The van der Waals surface area contributed by atoms with E-state index in [0.29, 0.717) is 11.1 Å². The van der Waals surface area contributed by atoms with Crippen LogP contribution in [0.1, 0.15) is 59.3 Å². The van der Waals surface area contributed by atoms with Gasteiger partial charge in [0.25, 0.3) is 0 Å². The molecule has 1 nitrogen and oxygen atoms in total. The van der Waals surface area contributed by atoms with Crippen molar-refractivity contribution in [2.45, 2.75) is 83.5 Å². The number of allylic oxidation sites excluding steroid dienone is 1. The fourth-order valence-electron chi connectivity index (χ4n) is 2.55. The summed E-state index contributed by atoms with van der Waals surface area (Å²) in [6.07, 6.45) is 10.3. The van der Waals surface area contributed by atoms with E-state index < -0.39 is 8.32 Å². The molecule has 2 heteroatoms. The Hall–Kier alpha value is -0.0831. The largest absolute Gasteiger partial charge is 0.414 e. The highest BCUT2D eigenvalue weighted by Gasteiger charge is 2.40. The number of hydrogen-bond acceptors (Lipinski definition) is 1. The van der Waals surface area contributed by atoms with Gasteiger partial charge in [0.2, 0.25) is 0 Å². The molecule has 1 aliphatic rings. The molecule has 1 aliphatic carbocycles. The average molecular weight is 269 g/mol. The molecule has 1 saturated carbocycles. The molecule has 2 atom stereocenters. The molecule has 0 unspecified atom stereocenters. The number of rotatable bonds is 5. The van der Waals surface area contributed by atoms with E-state index in [4.69, 9.17) is 4.43 Å². The van der Waals surface area contributed by atoms with E-state index in [1.807, 2.05) is 0 Å². The Morgan fingerprint density at radius 3 is 2.39 bits per heavy atom. The van der Waals surface area contributed by atoms with E-state index in [2.05, 4.69) is 46.5 Å². The Balaban J connectivity index is 2.64. The van der Waals surface area contributed by atoms with Gasteiger partial charge in [0.05, 0.1) is 0 Å². The summed E-state index contributed by atoms with van der Waals surface area (Å²) in [5, 5.41) is 0.327. The molecule has 0 aromatic rings. The van der Waals surface area contributed by atoms with Crippen molar-refractivity contribution >= 4 is 8.32 Å². The molecule has 1 fully saturated rings. The normalized spacial score (nSPS) is 26.1. The van der Waals surface area contributed by atoms with Crippen molar-refractivity contribution in [2.75, 3.05) is 0 Å². The lowest BCUT2D eigenvalue weighted by Crippen LogP contribution is -2.46. The van der Waals surface area contributed by atoms with Crippen LogP contribution in [0.25, 0.3) is 0 Å². The summed E-state index contributed by atoms with van der Waals surface area (Å²) in [7, 11) is -1.60. The van der Waals surface area contributed by atoms with Crippen LogP contribution in [0.15, 0.2) is 12.7 Å². The van der Waals surface area contributed by atoms with Gasteiger partial charge in [0, 0.05) is 6.10 Å². The Morgan fingerprint density at radius 1 is 1.22 bits per heavy atom. The van der Waals surface area contributed by atoms with Crippen LogP contribution in [-0.2, 0) is 4.43 Å². The first-order valence-corrected chi connectivity index (χ1v) is 10.5. The van der Waals surface area contributed by atoms with Crippen LogP contribution in [0.4, 0.5) is 0 Å². The Labute approximate surface area is 115 Å². The summed E-state index contributed by atoms with van der Waals surface area (Å²) in [5.74, 6) is 0.769. The lowest BCUT2D eigenvalue weighted by Gasteiger charge is -2.43. The minimum absolute atomic E-state index is 0.327. The highest BCUT2D eigenvalue weighted by atomic mass is 28.4. The molecule has 0 amide bonds. The van der Waals surface area contributed by atoms with Crippen molar-refractivity contribution in [1.82, 2.24) is 0 Å². The zero-order valence-electron chi connectivity index (χ0n) is 13.1. The van der Waals surface area contributed by atoms with Crippen LogP contribution < -0.4 is 0 Å². The fourth-order valence-corrected chi connectivity index (χ4v) is 3.97. The number of hydrogen-bond donors (Lipinski definition) is 0. The molecule has 106 valence electrons. The quantitative estimate of drug-likeness (QED) is 0.470. The molecule has 0 bridgehead atoms. The molecular formula is C16H32OSi. The van der Waals surface area contributed by atoms with Gasteiger partial charge in [-0.25, -0.2) is 0 Å². The maximum Gasteiger partial charge on any atom is 0.192 e. The van der Waals surface area contributed by atoms with Gasteiger partial charge in [-0.05, 0) is 49.7 Å². The topological polar surface area (TPSA) is 9.23 Å². The molecule has 0 saturated heterocycles. The van der Waals surface area contributed by atoms with E-state index in [1.54, 1.807) is 0 Å². The predicted octanol–water partition coefficient (Wildman–Crippen LogP) is 5.53. The standard InChI is InChI=1S/C16H32OSi/c1-7-8-11-14-12-9-10-13-15(14)17-18(5,6)16(2,3)4/h7,14-15H,1,8-13H2,2-6H3/t14-,15-/m1/s1. The predicted molar refractivity (Wildman–Crippen MR) is 83.5 cm³/mol. The van der Waals surface area contributed by atoms with Crippen molar-refractivity contribution in [1.29, 1.82) is 0 Å².